The fourth-order valence-corrected chi connectivity index (χ4v) is 5.51. The first-order chi connectivity index (χ1) is 16.0. The zero-order chi connectivity index (χ0) is 24.4. The minimum Gasteiger partial charge on any atom is -0.391 e. The number of likely N-dealkylation sites (tertiary alicyclic amines) is 2. The highest BCUT2D eigenvalue weighted by Crippen LogP contribution is 2.40. The molecule has 5 rings (SSSR count). The van der Waals surface area contributed by atoms with Crippen molar-refractivity contribution in [1.82, 2.24) is 30.1 Å². The maximum atomic E-state index is 13.8. The fraction of sp³-hybridized carbons (Fsp3) is 0.792. The van der Waals surface area contributed by atoms with Gasteiger partial charge in [0.2, 0.25) is 17.7 Å². The zero-order valence-corrected chi connectivity index (χ0v) is 20.5. The highest BCUT2D eigenvalue weighted by Gasteiger charge is 2.48. The molecule has 2 saturated heterocycles. The minimum absolute atomic E-state index is 0.0736. The van der Waals surface area contributed by atoms with Crippen LogP contribution in [0.3, 0.4) is 0 Å². The molecule has 4 aliphatic rings. The quantitative estimate of drug-likeness (QED) is 0.633. The van der Waals surface area contributed by atoms with E-state index in [1.165, 1.54) is 4.90 Å². The lowest BCUT2D eigenvalue weighted by atomic mass is 9.85. The lowest BCUT2D eigenvalue weighted by Gasteiger charge is -2.34. The van der Waals surface area contributed by atoms with Crippen LogP contribution >= 0.6 is 0 Å². The molecule has 2 aliphatic heterocycles. The Balaban J connectivity index is 1.30. The van der Waals surface area contributed by atoms with Gasteiger partial charge in [-0.3, -0.25) is 14.4 Å². The SMILES string of the molecule is CC1CC1N1CC(NC(=O)C2CC(O)CN2C(=O)[C@@H](n2cc(C3CC3)nn2)C(C)(C)C)CC1=O. The molecule has 1 aromatic heterocycles. The lowest BCUT2D eigenvalue weighted by molar-refractivity contribution is -0.144. The Morgan fingerprint density at radius 2 is 1.91 bits per heavy atom. The van der Waals surface area contributed by atoms with Crippen molar-refractivity contribution in [2.75, 3.05) is 13.1 Å². The molecule has 0 aromatic carbocycles. The van der Waals surface area contributed by atoms with Gasteiger partial charge in [0.15, 0.2) is 0 Å². The van der Waals surface area contributed by atoms with Crippen LogP contribution in [0.2, 0.25) is 0 Å². The van der Waals surface area contributed by atoms with Crippen LogP contribution in [0.15, 0.2) is 6.20 Å². The molecular weight excluding hydrogens is 436 g/mol. The summed E-state index contributed by atoms with van der Waals surface area (Å²) in [5, 5.41) is 21.9. The lowest BCUT2D eigenvalue weighted by Crippen LogP contribution is -2.52. The first kappa shape index (κ1) is 23.3. The number of aliphatic hydroxyl groups excluding tert-OH is 1. The zero-order valence-electron chi connectivity index (χ0n) is 20.5. The van der Waals surface area contributed by atoms with Crippen molar-refractivity contribution in [3.8, 4) is 0 Å². The second kappa shape index (κ2) is 8.32. The van der Waals surface area contributed by atoms with Gasteiger partial charge >= 0.3 is 0 Å². The molecule has 2 N–H and O–H groups in total. The predicted molar refractivity (Wildman–Crippen MR) is 122 cm³/mol. The van der Waals surface area contributed by atoms with Gasteiger partial charge in [-0.15, -0.1) is 5.10 Å². The molecule has 5 unspecified atom stereocenters. The number of rotatable bonds is 6. The van der Waals surface area contributed by atoms with Gasteiger partial charge in [0.05, 0.1) is 17.8 Å². The Morgan fingerprint density at radius 1 is 1.21 bits per heavy atom. The molecule has 0 bridgehead atoms. The standard InChI is InChI=1S/C24H36N6O4/c1-13-7-18(13)28-10-15(8-20(28)32)25-22(33)19-9-16(31)11-29(19)23(34)21(24(2,3)4)30-12-17(26-27-30)14-5-6-14/h12-16,18-19,21,31H,5-11H2,1-4H3,(H,25,33)/t13?,15?,16?,18?,19?,21-/m1/s1. The summed E-state index contributed by atoms with van der Waals surface area (Å²) < 4.78 is 1.62. The first-order valence-electron chi connectivity index (χ1n) is 12.5. The van der Waals surface area contributed by atoms with Crippen molar-refractivity contribution in [2.45, 2.75) is 96.0 Å². The van der Waals surface area contributed by atoms with Crippen molar-refractivity contribution in [1.29, 1.82) is 0 Å². The third-order valence-electron chi connectivity index (χ3n) is 7.68. The molecule has 4 fully saturated rings. The van der Waals surface area contributed by atoms with E-state index in [0.717, 1.165) is 25.0 Å². The number of hydrogen-bond acceptors (Lipinski definition) is 6. The predicted octanol–water partition coefficient (Wildman–Crippen LogP) is 0.830. The van der Waals surface area contributed by atoms with Crippen LogP contribution in [0.4, 0.5) is 0 Å². The van der Waals surface area contributed by atoms with Gasteiger partial charge in [0.1, 0.15) is 12.1 Å². The van der Waals surface area contributed by atoms with Gasteiger partial charge in [-0.25, -0.2) is 4.68 Å². The van der Waals surface area contributed by atoms with E-state index >= 15 is 0 Å². The molecule has 2 aliphatic carbocycles. The maximum Gasteiger partial charge on any atom is 0.248 e. The average Bonchev–Trinajstić information content (AvgIpc) is 3.58. The molecule has 0 radical (unpaired) electrons. The highest BCUT2D eigenvalue weighted by atomic mass is 16.3. The van der Waals surface area contributed by atoms with Gasteiger partial charge in [-0.05, 0) is 30.6 Å². The van der Waals surface area contributed by atoms with Gasteiger partial charge in [-0.1, -0.05) is 32.9 Å². The second-order valence-electron chi connectivity index (χ2n) is 11.8. The van der Waals surface area contributed by atoms with Crippen LogP contribution < -0.4 is 5.32 Å². The van der Waals surface area contributed by atoms with Crippen LogP contribution in [0.25, 0.3) is 0 Å². The molecule has 186 valence electrons. The number of carbonyl (C=O) groups is 3. The number of nitrogens with zero attached hydrogens (tertiary/aromatic N) is 5. The summed E-state index contributed by atoms with van der Waals surface area (Å²) >= 11 is 0. The van der Waals surface area contributed by atoms with E-state index < -0.39 is 23.6 Å². The van der Waals surface area contributed by atoms with Crippen LogP contribution in [0.1, 0.15) is 77.5 Å². The van der Waals surface area contributed by atoms with E-state index in [-0.39, 0.29) is 49.2 Å². The van der Waals surface area contributed by atoms with Crippen LogP contribution in [-0.4, -0.2) is 84.9 Å². The molecular formula is C24H36N6O4. The van der Waals surface area contributed by atoms with Gasteiger partial charge in [0, 0.05) is 44.1 Å². The summed E-state index contributed by atoms with van der Waals surface area (Å²) in [7, 11) is 0. The number of hydrogen-bond donors (Lipinski definition) is 2. The number of nitrogens with one attached hydrogen (secondary N) is 1. The Hall–Kier alpha value is -2.49. The number of amides is 3. The summed E-state index contributed by atoms with van der Waals surface area (Å²) in [5.74, 6) is 0.460. The van der Waals surface area contributed by atoms with Crippen LogP contribution in [0, 0.1) is 11.3 Å². The molecule has 3 amide bonds. The van der Waals surface area contributed by atoms with E-state index in [2.05, 4.69) is 22.6 Å². The third-order valence-corrected chi connectivity index (χ3v) is 7.68. The average molecular weight is 473 g/mol. The smallest absolute Gasteiger partial charge is 0.248 e. The maximum absolute atomic E-state index is 13.8. The number of carbonyl (C=O) groups excluding carboxylic acids is 3. The highest BCUT2D eigenvalue weighted by molar-refractivity contribution is 5.91. The number of β-amino-alcohol motifs (C(OH)–C–C–N with tert-alkyl or cyclic N) is 1. The Labute approximate surface area is 200 Å². The molecule has 10 nitrogen and oxygen atoms in total. The number of aromatic nitrogens is 3. The first-order valence-corrected chi connectivity index (χ1v) is 12.5. The summed E-state index contributed by atoms with van der Waals surface area (Å²) in [6.07, 6.45) is 4.75. The van der Waals surface area contributed by atoms with E-state index in [0.29, 0.717) is 18.4 Å². The molecule has 3 heterocycles. The molecule has 1 aromatic rings. The summed E-state index contributed by atoms with van der Waals surface area (Å²) in [6.45, 7) is 8.63. The molecule has 10 heteroatoms. The second-order valence-corrected chi connectivity index (χ2v) is 11.8. The summed E-state index contributed by atoms with van der Waals surface area (Å²) in [4.78, 5) is 42.8. The largest absolute Gasteiger partial charge is 0.391 e. The summed E-state index contributed by atoms with van der Waals surface area (Å²) in [5.41, 5.74) is 0.428. The van der Waals surface area contributed by atoms with E-state index in [1.54, 1.807) is 4.68 Å². The van der Waals surface area contributed by atoms with E-state index in [1.807, 2.05) is 31.9 Å². The van der Waals surface area contributed by atoms with Crippen molar-refractivity contribution < 1.29 is 19.5 Å². The van der Waals surface area contributed by atoms with Gasteiger partial charge < -0.3 is 20.2 Å². The van der Waals surface area contributed by atoms with Crippen molar-refractivity contribution in [3.05, 3.63) is 11.9 Å². The van der Waals surface area contributed by atoms with Crippen LogP contribution in [0.5, 0.6) is 0 Å². The Bertz CT molecular complexity index is 982. The van der Waals surface area contributed by atoms with E-state index in [4.69, 9.17) is 0 Å². The molecule has 6 atom stereocenters. The van der Waals surface area contributed by atoms with Crippen molar-refractivity contribution in [3.63, 3.8) is 0 Å². The van der Waals surface area contributed by atoms with Crippen LogP contribution in [-0.2, 0) is 14.4 Å². The summed E-state index contributed by atoms with van der Waals surface area (Å²) in [6, 6.07) is -1.40. The van der Waals surface area contributed by atoms with Crippen molar-refractivity contribution >= 4 is 17.7 Å². The monoisotopic (exact) mass is 472 g/mol. The topological polar surface area (TPSA) is 121 Å². The minimum atomic E-state index is -0.775. The normalized spacial score (nSPS) is 32.3. The fourth-order valence-electron chi connectivity index (χ4n) is 5.51. The van der Waals surface area contributed by atoms with Gasteiger partial charge in [-0.2, -0.15) is 0 Å². The Morgan fingerprint density at radius 3 is 2.53 bits per heavy atom. The Kier molecular flexibility index (Phi) is 5.69. The molecule has 2 saturated carbocycles. The molecule has 0 spiro atoms. The molecule has 34 heavy (non-hydrogen) atoms. The number of aliphatic hydroxyl groups is 1. The van der Waals surface area contributed by atoms with Crippen molar-refractivity contribution in [2.24, 2.45) is 11.3 Å². The van der Waals surface area contributed by atoms with E-state index in [9.17, 15) is 19.5 Å². The third kappa shape index (κ3) is 4.44. The van der Waals surface area contributed by atoms with Gasteiger partial charge in [0.25, 0.3) is 0 Å².